The minimum atomic E-state index is -3.80. The largest absolute Gasteiger partial charge is 0.352 e. The van der Waals surface area contributed by atoms with E-state index in [1.165, 1.54) is 4.90 Å². The molecule has 0 fully saturated rings. The van der Waals surface area contributed by atoms with Crippen LogP contribution in [0, 0.1) is 6.92 Å². The Kier molecular flexibility index (Phi) is 8.74. The van der Waals surface area contributed by atoms with Crippen LogP contribution in [0.25, 0.3) is 10.8 Å². The fourth-order valence-electron chi connectivity index (χ4n) is 3.96. The number of aryl methyl sites for hydroxylation is 1. The molecule has 192 valence electrons. The summed E-state index contributed by atoms with van der Waals surface area (Å²) in [6.45, 7) is 7.29. The van der Waals surface area contributed by atoms with Crippen LogP contribution in [0.5, 0.6) is 0 Å². The van der Waals surface area contributed by atoms with Crippen LogP contribution in [0.15, 0.2) is 66.7 Å². The standard InChI is InChI=1S/C28H35N3O4S/c1-6-21(3)29-28(33)22(4)30(18-23-16-14-20(2)15-17-23)27(32)19-31(36(5,34)35)26-13-9-11-24-10-7-8-12-25(24)26/h7-17,21-22H,6,18-19H2,1-5H3,(H,29,33)/t21-,22-/m1/s1. The molecule has 7 nitrogen and oxygen atoms in total. The van der Waals surface area contributed by atoms with Crippen molar-refractivity contribution in [3.05, 3.63) is 77.9 Å². The third kappa shape index (κ3) is 6.63. The van der Waals surface area contributed by atoms with E-state index >= 15 is 0 Å². The Bertz CT molecular complexity index is 1320. The van der Waals surface area contributed by atoms with E-state index in [1.807, 2.05) is 75.4 Å². The van der Waals surface area contributed by atoms with E-state index < -0.39 is 28.5 Å². The molecule has 0 aliphatic carbocycles. The molecular weight excluding hydrogens is 474 g/mol. The Morgan fingerprint density at radius 1 is 0.944 bits per heavy atom. The topological polar surface area (TPSA) is 86.8 Å². The number of nitrogens with one attached hydrogen (secondary N) is 1. The van der Waals surface area contributed by atoms with Gasteiger partial charge in [0.05, 0.1) is 11.9 Å². The number of fused-ring (bicyclic) bond motifs is 1. The van der Waals surface area contributed by atoms with Crippen LogP contribution >= 0.6 is 0 Å². The highest BCUT2D eigenvalue weighted by Gasteiger charge is 2.31. The molecule has 3 aromatic carbocycles. The predicted octanol–water partition coefficient (Wildman–Crippen LogP) is 4.25. The molecule has 0 saturated heterocycles. The molecule has 0 unspecified atom stereocenters. The lowest BCUT2D eigenvalue weighted by Gasteiger charge is -2.32. The molecule has 0 aromatic heterocycles. The summed E-state index contributed by atoms with van der Waals surface area (Å²) in [5.41, 5.74) is 2.36. The van der Waals surface area contributed by atoms with E-state index in [1.54, 1.807) is 19.1 Å². The lowest BCUT2D eigenvalue weighted by molar-refractivity contribution is -0.139. The summed E-state index contributed by atoms with van der Waals surface area (Å²) in [5, 5.41) is 4.53. The molecule has 36 heavy (non-hydrogen) atoms. The van der Waals surface area contributed by atoms with Crippen molar-refractivity contribution in [1.29, 1.82) is 0 Å². The smallest absolute Gasteiger partial charge is 0.244 e. The molecule has 0 aliphatic rings. The van der Waals surface area contributed by atoms with Gasteiger partial charge in [0.2, 0.25) is 21.8 Å². The molecule has 0 bridgehead atoms. The lowest BCUT2D eigenvalue weighted by Crippen LogP contribution is -2.52. The van der Waals surface area contributed by atoms with Crippen LogP contribution in [0.2, 0.25) is 0 Å². The van der Waals surface area contributed by atoms with Gasteiger partial charge < -0.3 is 10.2 Å². The SMILES string of the molecule is CC[C@@H](C)NC(=O)[C@@H](C)N(Cc1ccc(C)cc1)C(=O)CN(c1cccc2ccccc12)S(C)(=O)=O. The van der Waals surface area contributed by atoms with Crippen LogP contribution in [0.3, 0.4) is 0 Å². The van der Waals surface area contributed by atoms with Gasteiger partial charge in [-0.2, -0.15) is 0 Å². The summed E-state index contributed by atoms with van der Waals surface area (Å²) in [6, 6.07) is 19.7. The fraction of sp³-hybridized carbons (Fsp3) is 0.357. The molecule has 3 aromatic rings. The second-order valence-corrected chi connectivity index (χ2v) is 11.2. The van der Waals surface area contributed by atoms with Crippen molar-refractivity contribution in [3.8, 4) is 0 Å². The Labute approximate surface area is 214 Å². The molecule has 2 atom stereocenters. The van der Waals surface area contributed by atoms with Gasteiger partial charge in [0, 0.05) is 18.0 Å². The minimum Gasteiger partial charge on any atom is -0.352 e. The van der Waals surface area contributed by atoms with Crippen molar-refractivity contribution in [3.63, 3.8) is 0 Å². The first-order chi connectivity index (χ1) is 17.0. The van der Waals surface area contributed by atoms with Gasteiger partial charge in [0.25, 0.3) is 0 Å². The van der Waals surface area contributed by atoms with E-state index in [0.717, 1.165) is 38.9 Å². The predicted molar refractivity (Wildman–Crippen MR) is 145 cm³/mol. The molecule has 0 aliphatic heterocycles. The van der Waals surface area contributed by atoms with Crippen molar-refractivity contribution in [2.45, 2.75) is 52.7 Å². The maximum absolute atomic E-state index is 13.7. The highest BCUT2D eigenvalue weighted by Crippen LogP contribution is 2.28. The lowest BCUT2D eigenvalue weighted by atomic mass is 10.1. The molecule has 0 radical (unpaired) electrons. The van der Waals surface area contributed by atoms with Crippen LogP contribution in [0.4, 0.5) is 5.69 Å². The highest BCUT2D eigenvalue weighted by molar-refractivity contribution is 7.92. The number of carbonyl (C=O) groups excluding carboxylic acids is 2. The van der Waals surface area contributed by atoms with Gasteiger partial charge in [-0.3, -0.25) is 13.9 Å². The Hall–Kier alpha value is -3.39. The van der Waals surface area contributed by atoms with E-state index in [4.69, 9.17) is 0 Å². The number of sulfonamides is 1. The molecule has 8 heteroatoms. The van der Waals surface area contributed by atoms with Crippen molar-refractivity contribution < 1.29 is 18.0 Å². The first-order valence-electron chi connectivity index (χ1n) is 12.1. The van der Waals surface area contributed by atoms with Gasteiger partial charge in [-0.15, -0.1) is 0 Å². The van der Waals surface area contributed by atoms with E-state index in [9.17, 15) is 18.0 Å². The summed E-state index contributed by atoms with van der Waals surface area (Å²) >= 11 is 0. The first kappa shape index (κ1) is 27.2. The minimum absolute atomic E-state index is 0.0421. The molecule has 0 heterocycles. The Balaban J connectivity index is 1.98. The van der Waals surface area contributed by atoms with Crippen molar-refractivity contribution >= 4 is 38.3 Å². The summed E-state index contributed by atoms with van der Waals surface area (Å²) in [6.07, 6.45) is 1.85. The summed E-state index contributed by atoms with van der Waals surface area (Å²) in [5.74, 6) is -0.735. The summed E-state index contributed by atoms with van der Waals surface area (Å²) < 4.78 is 26.9. The quantitative estimate of drug-likeness (QED) is 0.443. The van der Waals surface area contributed by atoms with Gasteiger partial charge in [-0.05, 0) is 44.2 Å². The summed E-state index contributed by atoms with van der Waals surface area (Å²) in [7, 11) is -3.80. The second-order valence-electron chi connectivity index (χ2n) is 9.27. The zero-order valence-electron chi connectivity index (χ0n) is 21.6. The molecule has 2 amide bonds. The van der Waals surface area contributed by atoms with Crippen molar-refractivity contribution in [2.24, 2.45) is 0 Å². The average Bonchev–Trinajstić information content (AvgIpc) is 2.85. The van der Waals surface area contributed by atoms with E-state index in [2.05, 4.69) is 5.32 Å². The van der Waals surface area contributed by atoms with Gasteiger partial charge in [-0.25, -0.2) is 8.42 Å². The normalized spacial score (nSPS) is 13.1. The average molecular weight is 510 g/mol. The summed E-state index contributed by atoms with van der Waals surface area (Å²) in [4.78, 5) is 28.2. The number of nitrogens with zero attached hydrogens (tertiary/aromatic N) is 2. The van der Waals surface area contributed by atoms with Gasteiger partial charge in [-0.1, -0.05) is 73.2 Å². The highest BCUT2D eigenvalue weighted by atomic mass is 32.2. The van der Waals surface area contributed by atoms with Gasteiger partial charge in [0.1, 0.15) is 12.6 Å². The monoisotopic (exact) mass is 509 g/mol. The number of hydrogen-bond acceptors (Lipinski definition) is 4. The van der Waals surface area contributed by atoms with Crippen LogP contribution in [-0.2, 0) is 26.2 Å². The number of anilines is 1. The van der Waals surface area contributed by atoms with Crippen LogP contribution in [0.1, 0.15) is 38.3 Å². The Morgan fingerprint density at radius 2 is 1.58 bits per heavy atom. The third-order valence-electron chi connectivity index (χ3n) is 6.36. The van der Waals surface area contributed by atoms with Gasteiger partial charge in [0.15, 0.2) is 0 Å². The number of rotatable bonds is 10. The third-order valence-corrected chi connectivity index (χ3v) is 7.48. The number of carbonyl (C=O) groups is 2. The van der Waals surface area contributed by atoms with Crippen LogP contribution < -0.4 is 9.62 Å². The molecular formula is C28H35N3O4S. The zero-order chi connectivity index (χ0) is 26.5. The Morgan fingerprint density at radius 3 is 2.22 bits per heavy atom. The van der Waals surface area contributed by atoms with Gasteiger partial charge >= 0.3 is 0 Å². The second kappa shape index (κ2) is 11.6. The first-order valence-corrected chi connectivity index (χ1v) is 14.0. The van der Waals surface area contributed by atoms with Crippen molar-refractivity contribution in [2.75, 3.05) is 17.1 Å². The van der Waals surface area contributed by atoms with Crippen LogP contribution in [-0.4, -0.2) is 50.0 Å². The molecule has 3 rings (SSSR count). The molecule has 0 saturated carbocycles. The number of amides is 2. The molecule has 1 N–H and O–H groups in total. The number of benzene rings is 3. The van der Waals surface area contributed by atoms with E-state index in [-0.39, 0.29) is 18.5 Å². The molecule has 0 spiro atoms. The van der Waals surface area contributed by atoms with E-state index in [0.29, 0.717) is 5.69 Å². The maximum atomic E-state index is 13.7. The zero-order valence-corrected chi connectivity index (χ0v) is 22.4. The number of hydrogen-bond donors (Lipinski definition) is 1. The fourth-order valence-corrected chi connectivity index (χ4v) is 4.82. The van der Waals surface area contributed by atoms with Crippen molar-refractivity contribution in [1.82, 2.24) is 10.2 Å². The maximum Gasteiger partial charge on any atom is 0.244 e.